The Balaban J connectivity index is 2.89. The summed E-state index contributed by atoms with van der Waals surface area (Å²) in [6.45, 7) is 8.78. The quantitative estimate of drug-likeness (QED) is 0.830. The molecule has 1 aromatic rings. The monoisotopic (exact) mass is 264 g/mol. The van der Waals surface area contributed by atoms with E-state index in [0.717, 1.165) is 23.4 Å². The summed E-state index contributed by atoms with van der Waals surface area (Å²) in [7, 11) is 0. The van der Waals surface area contributed by atoms with E-state index in [0.29, 0.717) is 13.2 Å². The van der Waals surface area contributed by atoms with Gasteiger partial charge < -0.3 is 15.8 Å². The number of benzene rings is 1. The van der Waals surface area contributed by atoms with Gasteiger partial charge in [-0.1, -0.05) is 20.8 Å². The lowest BCUT2D eigenvalue weighted by Crippen LogP contribution is -2.30. The molecule has 19 heavy (non-hydrogen) atoms. The fourth-order valence-electron chi connectivity index (χ4n) is 1.57. The molecule has 0 unspecified atom stereocenters. The van der Waals surface area contributed by atoms with Crippen LogP contribution in [0.15, 0.2) is 18.2 Å². The average Bonchev–Trinajstić information content (AvgIpc) is 2.40. The van der Waals surface area contributed by atoms with Crippen molar-refractivity contribution in [1.29, 1.82) is 0 Å². The van der Waals surface area contributed by atoms with Gasteiger partial charge >= 0.3 is 0 Å². The molecule has 106 valence electrons. The average molecular weight is 264 g/mol. The molecule has 0 heterocycles. The largest absolute Gasteiger partial charge is 0.494 e. The molecule has 4 heteroatoms. The van der Waals surface area contributed by atoms with E-state index in [2.05, 4.69) is 5.32 Å². The Kier molecular flexibility index (Phi) is 5.36. The van der Waals surface area contributed by atoms with Gasteiger partial charge in [0.15, 0.2) is 0 Å². The third-order valence-electron chi connectivity index (χ3n) is 3.34. The van der Waals surface area contributed by atoms with Crippen LogP contribution in [0.2, 0.25) is 0 Å². The van der Waals surface area contributed by atoms with E-state index in [9.17, 15) is 4.79 Å². The van der Waals surface area contributed by atoms with E-state index < -0.39 is 0 Å². The molecule has 0 aliphatic carbocycles. The van der Waals surface area contributed by atoms with Crippen molar-refractivity contribution >= 4 is 11.6 Å². The number of hydrogen-bond donors (Lipinski definition) is 2. The minimum atomic E-state index is -0.374. The molecule has 1 rings (SSSR count). The van der Waals surface area contributed by atoms with E-state index >= 15 is 0 Å². The van der Waals surface area contributed by atoms with Crippen molar-refractivity contribution in [3.05, 3.63) is 23.8 Å². The van der Waals surface area contributed by atoms with Crippen molar-refractivity contribution in [3.8, 4) is 5.75 Å². The molecule has 3 N–H and O–H groups in total. The topological polar surface area (TPSA) is 64.3 Å². The highest BCUT2D eigenvalue weighted by atomic mass is 16.5. The third-order valence-corrected chi connectivity index (χ3v) is 3.34. The van der Waals surface area contributed by atoms with Gasteiger partial charge in [0.2, 0.25) is 5.91 Å². The summed E-state index contributed by atoms with van der Waals surface area (Å²) in [6.07, 6.45) is 0.791. The molecule has 0 aliphatic rings. The van der Waals surface area contributed by atoms with E-state index in [-0.39, 0.29) is 11.3 Å². The molecule has 0 bridgehead atoms. The van der Waals surface area contributed by atoms with Crippen LogP contribution in [0, 0.1) is 5.41 Å². The second kappa shape index (κ2) is 6.57. The SMILES string of the molecule is CCOc1ccc(NC(=O)C(C)(C)CC)cc1CN. The number of nitrogens with one attached hydrogen (secondary N) is 1. The van der Waals surface area contributed by atoms with Crippen molar-refractivity contribution in [2.45, 2.75) is 40.7 Å². The van der Waals surface area contributed by atoms with E-state index in [4.69, 9.17) is 10.5 Å². The summed E-state index contributed by atoms with van der Waals surface area (Å²) in [5, 5.41) is 2.93. The molecular weight excluding hydrogens is 240 g/mol. The first-order valence-electron chi connectivity index (χ1n) is 6.71. The van der Waals surface area contributed by atoms with Crippen LogP contribution in [0.5, 0.6) is 5.75 Å². The molecule has 1 aromatic carbocycles. The lowest BCUT2D eigenvalue weighted by molar-refractivity contribution is -0.124. The van der Waals surface area contributed by atoms with Crippen molar-refractivity contribution < 1.29 is 9.53 Å². The summed E-state index contributed by atoms with van der Waals surface area (Å²) >= 11 is 0. The number of anilines is 1. The molecule has 0 fully saturated rings. The summed E-state index contributed by atoms with van der Waals surface area (Å²) in [5.41, 5.74) is 6.98. The van der Waals surface area contributed by atoms with Gasteiger partial charge in [0, 0.05) is 23.2 Å². The van der Waals surface area contributed by atoms with E-state index in [1.165, 1.54) is 0 Å². The Labute approximate surface area is 115 Å². The van der Waals surface area contributed by atoms with Crippen LogP contribution in [0.25, 0.3) is 0 Å². The lowest BCUT2D eigenvalue weighted by Gasteiger charge is -2.22. The smallest absolute Gasteiger partial charge is 0.230 e. The Hall–Kier alpha value is -1.55. The van der Waals surface area contributed by atoms with Gasteiger partial charge in [-0.15, -0.1) is 0 Å². The lowest BCUT2D eigenvalue weighted by atomic mass is 9.89. The van der Waals surface area contributed by atoms with Crippen LogP contribution in [0.4, 0.5) is 5.69 Å². The molecule has 0 atom stereocenters. The molecule has 0 saturated heterocycles. The molecule has 4 nitrogen and oxygen atoms in total. The maximum atomic E-state index is 12.1. The van der Waals surface area contributed by atoms with Gasteiger partial charge in [-0.25, -0.2) is 0 Å². The first-order valence-corrected chi connectivity index (χ1v) is 6.71. The Bertz CT molecular complexity index is 442. The molecule has 1 amide bonds. The highest BCUT2D eigenvalue weighted by Gasteiger charge is 2.25. The van der Waals surface area contributed by atoms with Crippen LogP contribution < -0.4 is 15.8 Å². The molecule has 0 aliphatic heterocycles. The van der Waals surface area contributed by atoms with Gasteiger partial charge in [-0.05, 0) is 31.5 Å². The molecule has 0 spiro atoms. The maximum Gasteiger partial charge on any atom is 0.230 e. The molecule has 0 radical (unpaired) electrons. The van der Waals surface area contributed by atoms with E-state index in [1.807, 2.05) is 45.9 Å². The zero-order valence-corrected chi connectivity index (χ0v) is 12.2. The number of ether oxygens (including phenoxy) is 1. The van der Waals surface area contributed by atoms with Crippen molar-refractivity contribution in [2.75, 3.05) is 11.9 Å². The number of carbonyl (C=O) groups is 1. The van der Waals surface area contributed by atoms with Crippen LogP contribution in [0.1, 0.15) is 39.7 Å². The maximum absolute atomic E-state index is 12.1. The van der Waals surface area contributed by atoms with Crippen LogP contribution >= 0.6 is 0 Å². The van der Waals surface area contributed by atoms with Gasteiger partial charge in [0.1, 0.15) is 5.75 Å². The fraction of sp³-hybridized carbons (Fsp3) is 0.533. The number of rotatable bonds is 6. The Morgan fingerprint density at radius 2 is 2.05 bits per heavy atom. The second-order valence-corrected chi connectivity index (χ2v) is 5.15. The predicted molar refractivity (Wildman–Crippen MR) is 78.2 cm³/mol. The van der Waals surface area contributed by atoms with Gasteiger partial charge in [-0.3, -0.25) is 4.79 Å². The van der Waals surface area contributed by atoms with E-state index in [1.54, 1.807) is 0 Å². The summed E-state index contributed by atoms with van der Waals surface area (Å²) < 4.78 is 5.48. The molecular formula is C15H24N2O2. The normalized spacial score (nSPS) is 11.2. The van der Waals surface area contributed by atoms with Crippen molar-refractivity contribution in [2.24, 2.45) is 11.1 Å². The number of nitrogens with two attached hydrogens (primary N) is 1. The zero-order chi connectivity index (χ0) is 14.5. The van der Waals surface area contributed by atoms with Gasteiger partial charge in [0.25, 0.3) is 0 Å². The first-order chi connectivity index (χ1) is 8.94. The standard InChI is InChI=1S/C15H24N2O2/c1-5-15(3,4)14(18)17-12-7-8-13(19-6-2)11(9-12)10-16/h7-9H,5-6,10,16H2,1-4H3,(H,17,18). The summed E-state index contributed by atoms with van der Waals surface area (Å²) in [6, 6.07) is 5.56. The fourth-order valence-corrected chi connectivity index (χ4v) is 1.57. The minimum absolute atomic E-state index is 0.0159. The first kappa shape index (κ1) is 15.5. The van der Waals surface area contributed by atoms with Gasteiger partial charge in [0.05, 0.1) is 6.61 Å². The third kappa shape index (κ3) is 3.96. The molecule has 0 saturated carbocycles. The number of hydrogen-bond acceptors (Lipinski definition) is 3. The second-order valence-electron chi connectivity index (χ2n) is 5.15. The van der Waals surface area contributed by atoms with Crippen molar-refractivity contribution in [1.82, 2.24) is 0 Å². The highest BCUT2D eigenvalue weighted by molar-refractivity contribution is 5.94. The summed E-state index contributed by atoms with van der Waals surface area (Å²) in [4.78, 5) is 12.1. The number of amides is 1. The minimum Gasteiger partial charge on any atom is -0.494 e. The van der Waals surface area contributed by atoms with Crippen LogP contribution in [0.3, 0.4) is 0 Å². The van der Waals surface area contributed by atoms with Crippen LogP contribution in [-0.4, -0.2) is 12.5 Å². The number of carbonyl (C=O) groups excluding carboxylic acids is 1. The molecule has 0 aromatic heterocycles. The Morgan fingerprint density at radius 1 is 1.37 bits per heavy atom. The Morgan fingerprint density at radius 3 is 2.58 bits per heavy atom. The zero-order valence-electron chi connectivity index (χ0n) is 12.2. The van der Waals surface area contributed by atoms with Crippen LogP contribution in [-0.2, 0) is 11.3 Å². The van der Waals surface area contributed by atoms with Gasteiger partial charge in [-0.2, -0.15) is 0 Å². The van der Waals surface area contributed by atoms with Crippen molar-refractivity contribution in [3.63, 3.8) is 0 Å². The predicted octanol–water partition coefficient (Wildman–Crippen LogP) is 2.92. The summed E-state index contributed by atoms with van der Waals surface area (Å²) in [5.74, 6) is 0.792. The highest BCUT2D eigenvalue weighted by Crippen LogP contribution is 2.26.